The van der Waals surface area contributed by atoms with Gasteiger partial charge < -0.3 is 4.74 Å². The molecular weight excluding hydrogens is 434 g/mol. The predicted molar refractivity (Wildman–Crippen MR) is 127 cm³/mol. The van der Waals surface area contributed by atoms with Crippen LogP contribution in [0.25, 0.3) is 28.2 Å². The summed E-state index contributed by atoms with van der Waals surface area (Å²) >= 11 is 0. The number of hydrogen-bond acceptors (Lipinski definition) is 5. The molecule has 0 aliphatic rings. The van der Waals surface area contributed by atoms with E-state index in [4.69, 9.17) is 9.84 Å². The number of aromatic nitrogens is 3. The molecule has 7 heteroatoms. The number of benzene rings is 3. The molecule has 0 N–H and O–H groups in total. The van der Waals surface area contributed by atoms with Gasteiger partial charge in [-0.25, -0.2) is 17.9 Å². The van der Waals surface area contributed by atoms with E-state index in [0.717, 1.165) is 22.4 Å². The van der Waals surface area contributed by atoms with E-state index in [9.17, 15) is 8.42 Å². The van der Waals surface area contributed by atoms with Gasteiger partial charge in [0.2, 0.25) is 9.84 Å². The Morgan fingerprint density at radius 2 is 1.52 bits per heavy atom. The van der Waals surface area contributed by atoms with Crippen LogP contribution in [0.1, 0.15) is 5.56 Å². The molecule has 164 valence electrons. The van der Waals surface area contributed by atoms with E-state index in [2.05, 4.69) is 4.98 Å². The largest absolute Gasteiger partial charge is 0.497 e. The fourth-order valence-electron chi connectivity index (χ4n) is 3.72. The van der Waals surface area contributed by atoms with Gasteiger partial charge in [0, 0.05) is 17.2 Å². The van der Waals surface area contributed by atoms with Crippen molar-refractivity contribution in [3.05, 3.63) is 96.7 Å². The molecule has 0 fully saturated rings. The zero-order valence-electron chi connectivity index (χ0n) is 18.1. The zero-order valence-corrected chi connectivity index (χ0v) is 19.0. The van der Waals surface area contributed by atoms with Crippen molar-refractivity contribution in [3.8, 4) is 28.3 Å². The van der Waals surface area contributed by atoms with Crippen molar-refractivity contribution in [3.63, 3.8) is 0 Å². The van der Waals surface area contributed by atoms with Crippen molar-refractivity contribution in [2.75, 3.05) is 7.11 Å². The van der Waals surface area contributed by atoms with Crippen LogP contribution >= 0.6 is 0 Å². The molecule has 6 nitrogen and oxygen atoms in total. The number of hydrogen-bond donors (Lipinski definition) is 0. The first kappa shape index (κ1) is 20.9. The molecule has 33 heavy (non-hydrogen) atoms. The second kappa shape index (κ2) is 8.18. The lowest BCUT2D eigenvalue weighted by Gasteiger charge is -2.12. The van der Waals surface area contributed by atoms with Gasteiger partial charge in [0.25, 0.3) is 0 Å². The maximum atomic E-state index is 13.6. The lowest BCUT2D eigenvalue weighted by Crippen LogP contribution is -2.09. The van der Waals surface area contributed by atoms with Crippen LogP contribution in [0, 0.1) is 6.92 Å². The number of methoxy groups -OCH3 is 1. The van der Waals surface area contributed by atoms with Gasteiger partial charge in [-0.3, -0.25) is 0 Å². The van der Waals surface area contributed by atoms with Crippen molar-refractivity contribution < 1.29 is 13.2 Å². The first-order valence-electron chi connectivity index (χ1n) is 10.4. The van der Waals surface area contributed by atoms with Gasteiger partial charge in [0.1, 0.15) is 10.6 Å². The number of rotatable bonds is 5. The Balaban J connectivity index is 1.77. The van der Waals surface area contributed by atoms with Gasteiger partial charge in [-0.1, -0.05) is 48.0 Å². The van der Waals surface area contributed by atoms with Crippen LogP contribution < -0.4 is 4.74 Å². The highest BCUT2D eigenvalue weighted by Gasteiger charge is 2.26. The topological polar surface area (TPSA) is 73.6 Å². The van der Waals surface area contributed by atoms with Crippen LogP contribution in [0.15, 0.2) is 101 Å². The lowest BCUT2D eigenvalue weighted by atomic mass is 10.1. The molecule has 0 spiro atoms. The minimum atomic E-state index is -3.82. The average molecular weight is 456 g/mol. The Labute approximate surface area is 192 Å². The molecule has 2 heterocycles. The molecule has 0 atom stereocenters. The maximum Gasteiger partial charge on any atom is 0.210 e. The Morgan fingerprint density at radius 3 is 2.18 bits per heavy atom. The van der Waals surface area contributed by atoms with Gasteiger partial charge in [0.05, 0.1) is 29.6 Å². The molecule has 0 aliphatic carbocycles. The van der Waals surface area contributed by atoms with Crippen molar-refractivity contribution in [2.45, 2.75) is 16.7 Å². The first-order valence-corrected chi connectivity index (χ1v) is 11.9. The molecule has 2 aromatic heterocycles. The highest BCUT2D eigenvalue weighted by atomic mass is 32.2. The Bertz CT molecular complexity index is 1540. The molecule has 5 rings (SSSR count). The summed E-state index contributed by atoms with van der Waals surface area (Å²) in [6, 6.07) is 25.5. The third kappa shape index (κ3) is 3.76. The molecule has 0 unspecified atom stereocenters. The fourth-order valence-corrected chi connectivity index (χ4v) is 5.14. The van der Waals surface area contributed by atoms with Crippen LogP contribution in [0.5, 0.6) is 5.75 Å². The van der Waals surface area contributed by atoms with Crippen LogP contribution in [0.3, 0.4) is 0 Å². The Morgan fingerprint density at radius 1 is 0.848 bits per heavy atom. The summed E-state index contributed by atoms with van der Waals surface area (Å²) in [5.41, 5.74) is 4.42. The Hall–Kier alpha value is -3.97. The summed E-state index contributed by atoms with van der Waals surface area (Å²) in [4.78, 5) is 4.77. The van der Waals surface area contributed by atoms with Gasteiger partial charge >= 0.3 is 0 Å². The number of sulfone groups is 1. The Kier molecular flexibility index (Phi) is 5.18. The van der Waals surface area contributed by atoms with E-state index in [1.165, 1.54) is 6.20 Å². The highest BCUT2D eigenvalue weighted by molar-refractivity contribution is 7.91. The summed E-state index contributed by atoms with van der Waals surface area (Å²) in [6.07, 6.45) is 1.42. The number of aryl methyl sites for hydroxylation is 1. The monoisotopic (exact) mass is 455 g/mol. The lowest BCUT2D eigenvalue weighted by molar-refractivity contribution is 0.415. The van der Waals surface area contributed by atoms with E-state index in [0.29, 0.717) is 17.0 Å². The van der Waals surface area contributed by atoms with Crippen LogP contribution in [0.4, 0.5) is 0 Å². The van der Waals surface area contributed by atoms with Crippen LogP contribution in [-0.2, 0) is 9.84 Å². The van der Waals surface area contributed by atoms with E-state index in [-0.39, 0.29) is 9.79 Å². The summed E-state index contributed by atoms with van der Waals surface area (Å²) in [5.74, 6) is 0.747. The normalized spacial score (nSPS) is 11.6. The van der Waals surface area contributed by atoms with Gasteiger partial charge in [-0.05, 0) is 43.3 Å². The minimum Gasteiger partial charge on any atom is -0.497 e. The molecule has 0 aliphatic heterocycles. The van der Waals surface area contributed by atoms with Crippen molar-refractivity contribution in [1.82, 2.24) is 14.6 Å². The molecule has 0 saturated heterocycles. The SMILES string of the molecule is COc1ccc(-c2cc3ncc(S(=O)(=O)c4ccccc4)c(-c4ccc(C)cc4)n3n2)cc1. The van der Waals surface area contributed by atoms with E-state index >= 15 is 0 Å². The molecule has 0 radical (unpaired) electrons. The third-order valence-electron chi connectivity index (χ3n) is 5.50. The fraction of sp³-hybridized carbons (Fsp3) is 0.0769. The quantitative estimate of drug-likeness (QED) is 0.364. The van der Waals surface area contributed by atoms with Gasteiger partial charge in [0.15, 0.2) is 5.65 Å². The maximum absolute atomic E-state index is 13.6. The van der Waals surface area contributed by atoms with Gasteiger partial charge in [-0.15, -0.1) is 0 Å². The first-order chi connectivity index (χ1) is 16.0. The minimum absolute atomic E-state index is 0.106. The van der Waals surface area contributed by atoms with E-state index in [1.807, 2.05) is 61.5 Å². The smallest absolute Gasteiger partial charge is 0.210 e. The number of fused-ring (bicyclic) bond motifs is 1. The van der Waals surface area contributed by atoms with E-state index in [1.54, 1.807) is 42.0 Å². The summed E-state index contributed by atoms with van der Waals surface area (Å²) < 4.78 is 34.0. The van der Waals surface area contributed by atoms with Crippen molar-refractivity contribution in [1.29, 1.82) is 0 Å². The van der Waals surface area contributed by atoms with Crippen molar-refractivity contribution in [2.24, 2.45) is 0 Å². The average Bonchev–Trinajstić information content (AvgIpc) is 3.29. The molecule has 0 bridgehead atoms. The number of ether oxygens (including phenoxy) is 1. The van der Waals surface area contributed by atoms with E-state index < -0.39 is 9.84 Å². The molecule has 0 saturated carbocycles. The van der Waals surface area contributed by atoms with Crippen molar-refractivity contribution >= 4 is 15.5 Å². The predicted octanol–water partition coefficient (Wildman–Crippen LogP) is 5.21. The van der Waals surface area contributed by atoms with Crippen LogP contribution in [-0.4, -0.2) is 30.1 Å². The molecule has 0 amide bonds. The standard InChI is InChI=1S/C26H21N3O3S/c1-18-8-10-20(11-9-18)26-24(33(30,31)22-6-4-3-5-7-22)17-27-25-16-23(28-29(25)26)19-12-14-21(32-2)15-13-19/h3-17H,1-2H3. The zero-order chi connectivity index (χ0) is 23.0. The molecule has 3 aromatic carbocycles. The second-order valence-corrected chi connectivity index (χ2v) is 9.60. The van der Waals surface area contributed by atoms with Crippen LogP contribution in [0.2, 0.25) is 0 Å². The highest BCUT2D eigenvalue weighted by Crippen LogP contribution is 2.33. The third-order valence-corrected chi connectivity index (χ3v) is 7.27. The van der Waals surface area contributed by atoms with Gasteiger partial charge in [-0.2, -0.15) is 5.10 Å². The molecule has 5 aromatic rings. The summed E-state index contributed by atoms with van der Waals surface area (Å²) in [5, 5.41) is 4.75. The molecular formula is C26H21N3O3S. The second-order valence-electron chi connectivity index (χ2n) is 7.68. The summed E-state index contributed by atoms with van der Waals surface area (Å²) in [6.45, 7) is 1.99. The summed E-state index contributed by atoms with van der Waals surface area (Å²) in [7, 11) is -2.21. The number of nitrogens with zero attached hydrogens (tertiary/aromatic N) is 3.